The number of fused-ring (bicyclic) bond motifs is 2. The Balaban J connectivity index is 1.98. The Kier molecular flexibility index (Phi) is 2.08. The first-order valence-corrected chi connectivity index (χ1v) is 5.13. The first-order chi connectivity index (χ1) is 5.75. The van der Waals surface area contributed by atoms with Gasteiger partial charge in [-0.2, -0.15) is 0 Å². The van der Waals surface area contributed by atoms with Crippen molar-refractivity contribution < 1.29 is 0 Å². The Labute approximate surface area is 75.4 Å². The molecule has 0 saturated heterocycles. The van der Waals surface area contributed by atoms with Gasteiger partial charge in [0.05, 0.1) is 0 Å². The smallest absolute Gasteiger partial charge is 0.00173 e. The van der Waals surface area contributed by atoms with E-state index in [4.69, 9.17) is 0 Å². The van der Waals surface area contributed by atoms with E-state index < -0.39 is 0 Å². The summed E-state index contributed by atoms with van der Waals surface area (Å²) in [5.41, 5.74) is 1.72. The fourth-order valence-electron chi connectivity index (χ4n) is 2.28. The van der Waals surface area contributed by atoms with Crippen molar-refractivity contribution in [3.63, 3.8) is 0 Å². The van der Waals surface area contributed by atoms with E-state index in [1.54, 1.807) is 5.57 Å². The molecule has 0 aliphatic heterocycles. The molecule has 2 rings (SSSR count). The minimum atomic E-state index is 0.820. The number of rotatable bonds is 2. The summed E-state index contributed by atoms with van der Waals surface area (Å²) in [4.78, 5) is 0. The first-order valence-electron chi connectivity index (χ1n) is 5.13. The summed E-state index contributed by atoms with van der Waals surface area (Å²) in [6, 6.07) is 0. The molecule has 0 aromatic carbocycles. The molecule has 2 atom stereocenters. The molecule has 0 radical (unpaired) electrons. The summed E-state index contributed by atoms with van der Waals surface area (Å²) in [7, 11) is 0. The molecule has 0 heteroatoms. The topological polar surface area (TPSA) is 0 Å². The number of hydrogen-bond donors (Lipinski definition) is 0. The van der Waals surface area contributed by atoms with Crippen LogP contribution >= 0.6 is 0 Å². The van der Waals surface area contributed by atoms with Crippen LogP contribution in [0.25, 0.3) is 0 Å². The average molecular weight is 162 g/mol. The summed E-state index contributed by atoms with van der Waals surface area (Å²) >= 11 is 0. The summed E-state index contributed by atoms with van der Waals surface area (Å²) in [6.07, 6.45) is 11.3. The van der Waals surface area contributed by atoms with Crippen LogP contribution in [0.3, 0.4) is 0 Å². The van der Waals surface area contributed by atoms with Gasteiger partial charge in [-0.3, -0.25) is 0 Å². The third kappa shape index (κ3) is 1.48. The van der Waals surface area contributed by atoms with Crippen molar-refractivity contribution in [1.29, 1.82) is 0 Å². The molecule has 0 aromatic rings. The standard InChI is InChI=1S/C12H18/c1-9(2)3-5-11-7-10-4-6-12(11)8-10/h4-6,9-10,12H,3,7-8H2,1-2H3. The fraction of sp³-hybridized carbons (Fsp3) is 0.667. The lowest BCUT2D eigenvalue weighted by Crippen LogP contribution is -1.93. The molecule has 1 fully saturated rings. The molecule has 0 amide bonds. The molecule has 2 bridgehead atoms. The molecule has 2 aliphatic rings. The average Bonchev–Trinajstić information content (AvgIpc) is 2.60. The van der Waals surface area contributed by atoms with E-state index in [1.807, 2.05) is 0 Å². The molecule has 2 aliphatic carbocycles. The maximum Gasteiger partial charge on any atom is -0.00173 e. The third-order valence-corrected chi connectivity index (χ3v) is 3.00. The maximum atomic E-state index is 2.48. The Morgan fingerprint density at radius 2 is 2.33 bits per heavy atom. The van der Waals surface area contributed by atoms with Crippen LogP contribution in [-0.2, 0) is 0 Å². The second-order valence-electron chi connectivity index (χ2n) is 4.60. The molecular formula is C12H18. The number of hydrogen-bond acceptors (Lipinski definition) is 0. The first kappa shape index (κ1) is 8.10. The Bertz CT molecular complexity index is 220. The van der Waals surface area contributed by atoms with E-state index in [0.717, 1.165) is 17.8 Å². The second-order valence-corrected chi connectivity index (χ2v) is 4.60. The van der Waals surface area contributed by atoms with Crippen molar-refractivity contribution in [2.24, 2.45) is 17.8 Å². The van der Waals surface area contributed by atoms with Gasteiger partial charge in [-0.25, -0.2) is 0 Å². The SMILES string of the molecule is CC(C)CC=C1CC2C=CC1C2. The van der Waals surface area contributed by atoms with Gasteiger partial charge in [0.15, 0.2) is 0 Å². The largest absolute Gasteiger partial charge is 0.0845 e. The van der Waals surface area contributed by atoms with Crippen LogP contribution in [0.4, 0.5) is 0 Å². The molecule has 66 valence electrons. The Morgan fingerprint density at radius 1 is 1.50 bits per heavy atom. The van der Waals surface area contributed by atoms with Crippen LogP contribution in [-0.4, -0.2) is 0 Å². The van der Waals surface area contributed by atoms with E-state index in [9.17, 15) is 0 Å². The van der Waals surface area contributed by atoms with Gasteiger partial charge in [-0.05, 0) is 37.0 Å². The van der Waals surface area contributed by atoms with E-state index in [1.165, 1.54) is 19.3 Å². The maximum absolute atomic E-state index is 2.48. The van der Waals surface area contributed by atoms with Gasteiger partial charge in [-0.15, -0.1) is 0 Å². The lowest BCUT2D eigenvalue weighted by atomic mass is 9.97. The summed E-state index contributed by atoms with van der Waals surface area (Å²) in [6.45, 7) is 4.58. The predicted molar refractivity (Wildman–Crippen MR) is 52.9 cm³/mol. The van der Waals surface area contributed by atoms with E-state index in [-0.39, 0.29) is 0 Å². The van der Waals surface area contributed by atoms with Crippen molar-refractivity contribution in [3.8, 4) is 0 Å². The zero-order chi connectivity index (χ0) is 8.55. The quantitative estimate of drug-likeness (QED) is 0.545. The van der Waals surface area contributed by atoms with Gasteiger partial charge in [0.25, 0.3) is 0 Å². The molecule has 1 saturated carbocycles. The van der Waals surface area contributed by atoms with Gasteiger partial charge < -0.3 is 0 Å². The lowest BCUT2D eigenvalue weighted by Gasteiger charge is -2.08. The van der Waals surface area contributed by atoms with Crippen molar-refractivity contribution in [2.45, 2.75) is 33.1 Å². The van der Waals surface area contributed by atoms with Gasteiger partial charge in [0, 0.05) is 0 Å². The second kappa shape index (κ2) is 3.08. The van der Waals surface area contributed by atoms with Gasteiger partial charge in [-0.1, -0.05) is 37.6 Å². The van der Waals surface area contributed by atoms with Gasteiger partial charge in [0.2, 0.25) is 0 Å². The minimum Gasteiger partial charge on any atom is -0.0845 e. The predicted octanol–water partition coefficient (Wildman–Crippen LogP) is 3.55. The van der Waals surface area contributed by atoms with Crippen LogP contribution in [0.2, 0.25) is 0 Å². The van der Waals surface area contributed by atoms with E-state index in [0.29, 0.717) is 0 Å². The number of allylic oxidation sites excluding steroid dienone is 4. The highest BCUT2D eigenvalue weighted by Crippen LogP contribution is 2.43. The van der Waals surface area contributed by atoms with Crippen molar-refractivity contribution in [3.05, 3.63) is 23.8 Å². The molecule has 0 spiro atoms. The lowest BCUT2D eigenvalue weighted by molar-refractivity contribution is 0.656. The van der Waals surface area contributed by atoms with Crippen LogP contribution in [0, 0.1) is 17.8 Å². The molecule has 12 heavy (non-hydrogen) atoms. The fourth-order valence-corrected chi connectivity index (χ4v) is 2.28. The summed E-state index contributed by atoms with van der Waals surface area (Å²) < 4.78 is 0. The van der Waals surface area contributed by atoms with E-state index in [2.05, 4.69) is 32.1 Å². The highest BCUT2D eigenvalue weighted by molar-refractivity contribution is 5.27. The minimum absolute atomic E-state index is 0.820. The third-order valence-electron chi connectivity index (χ3n) is 3.00. The Hall–Kier alpha value is -0.520. The van der Waals surface area contributed by atoms with Crippen LogP contribution in [0.1, 0.15) is 33.1 Å². The van der Waals surface area contributed by atoms with Gasteiger partial charge >= 0.3 is 0 Å². The molecule has 0 nitrogen and oxygen atoms in total. The molecule has 0 aromatic heterocycles. The highest BCUT2D eigenvalue weighted by atomic mass is 14.3. The molecular weight excluding hydrogens is 144 g/mol. The Morgan fingerprint density at radius 3 is 2.83 bits per heavy atom. The van der Waals surface area contributed by atoms with Crippen molar-refractivity contribution in [2.75, 3.05) is 0 Å². The zero-order valence-electron chi connectivity index (χ0n) is 8.09. The zero-order valence-corrected chi connectivity index (χ0v) is 8.09. The summed E-state index contributed by atoms with van der Waals surface area (Å²) in [5, 5.41) is 0. The molecule has 2 unspecified atom stereocenters. The monoisotopic (exact) mass is 162 g/mol. The van der Waals surface area contributed by atoms with E-state index >= 15 is 0 Å². The molecule has 0 N–H and O–H groups in total. The molecule has 0 heterocycles. The van der Waals surface area contributed by atoms with Crippen LogP contribution in [0.15, 0.2) is 23.8 Å². The van der Waals surface area contributed by atoms with Crippen LogP contribution in [0.5, 0.6) is 0 Å². The highest BCUT2D eigenvalue weighted by Gasteiger charge is 2.30. The van der Waals surface area contributed by atoms with Crippen LogP contribution < -0.4 is 0 Å². The van der Waals surface area contributed by atoms with Gasteiger partial charge in [0.1, 0.15) is 0 Å². The van der Waals surface area contributed by atoms with Crippen molar-refractivity contribution >= 4 is 0 Å². The normalized spacial score (nSPS) is 35.8. The summed E-state index contributed by atoms with van der Waals surface area (Å²) in [5.74, 6) is 2.54. The van der Waals surface area contributed by atoms with Crippen molar-refractivity contribution in [1.82, 2.24) is 0 Å².